The third-order valence-electron chi connectivity index (χ3n) is 4.50. The molecule has 134 valence electrons. The highest BCUT2D eigenvalue weighted by Crippen LogP contribution is 2.19. The number of aromatic nitrogens is 2. The van der Waals surface area contributed by atoms with Crippen LogP contribution in [-0.4, -0.2) is 22.1 Å². The van der Waals surface area contributed by atoms with Crippen molar-refractivity contribution >= 4 is 5.91 Å². The normalized spacial score (nSPS) is 15.1. The van der Waals surface area contributed by atoms with Crippen molar-refractivity contribution in [3.8, 4) is 5.75 Å². The van der Waals surface area contributed by atoms with Crippen LogP contribution >= 0.6 is 0 Å². The van der Waals surface area contributed by atoms with Gasteiger partial charge in [0.1, 0.15) is 5.75 Å². The number of rotatable bonds is 7. The van der Waals surface area contributed by atoms with E-state index in [4.69, 9.17) is 9.26 Å². The Bertz CT molecular complexity index is 693. The van der Waals surface area contributed by atoms with Gasteiger partial charge in [0.05, 0.1) is 6.42 Å². The van der Waals surface area contributed by atoms with Crippen molar-refractivity contribution in [1.29, 1.82) is 0 Å². The summed E-state index contributed by atoms with van der Waals surface area (Å²) in [6.45, 7) is 2.28. The zero-order valence-electron chi connectivity index (χ0n) is 14.7. The van der Waals surface area contributed by atoms with Crippen LogP contribution in [0.25, 0.3) is 0 Å². The number of nitrogens with zero attached hydrogens (tertiary/aromatic N) is 2. The minimum Gasteiger partial charge on any atom is -0.483 e. The number of para-hydroxylation sites is 1. The maximum atomic E-state index is 12.1. The Balaban J connectivity index is 1.49. The molecule has 25 heavy (non-hydrogen) atoms. The molecule has 1 amide bonds. The molecule has 1 N–H and O–H groups in total. The second-order valence-electron chi connectivity index (χ2n) is 6.43. The lowest BCUT2D eigenvalue weighted by atomic mass is 9.95. The van der Waals surface area contributed by atoms with E-state index in [0.717, 1.165) is 30.6 Å². The summed E-state index contributed by atoms with van der Waals surface area (Å²) >= 11 is 0. The molecule has 6 nitrogen and oxygen atoms in total. The van der Waals surface area contributed by atoms with Crippen LogP contribution in [0, 0.1) is 0 Å². The molecule has 1 fully saturated rings. The molecule has 1 aliphatic carbocycles. The molecule has 0 unspecified atom stereocenters. The number of carbonyl (C=O) groups is 1. The molecule has 1 aromatic carbocycles. The monoisotopic (exact) mass is 343 g/mol. The van der Waals surface area contributed by atoms with Gasteiger partial charge in [0.25, 0.3) is 5.89 Å². The number of hydrogen-bond donors (Lipinski definition) is 1. The van der Waals surface area contributed by atoms with Crippen molar-refractivity contribution in [1.82, 2.24) is 15.5 Å². The maximum absolute atomic E-state index is 12.1. The van der Waals surface area contributed by atoms with Crippen LogP contribution < -0.4 is 10.1 Å². The van der Waals surface area contributed by atoms with E-state index in [1.165, 1.54) is 19.3 Å². The topological polar surface area (TPSA) is 77.2 Å². The molecule has 0 saturated heterocycles. The van der Waals surface area contributed by atoms with Gasteiger partial charge in [-0.15, -0.1) is 0 Å². The lowest BCUT2D eigenvalue weighted by Gasteiger charge is -2.22. The van der Waals surface area contributed by atoms with Crippen molar-refractivity contribution in [2.45, 2.75) is 64.5 Å². The highest BCUT2D eigenvalue weighted by Gasteiger charge is 2.17. The summed E-state index contributed by atoms with van der Waals surface area (Å²) in [4.78, 5) is 16.3. The molecule has 0 aliphatic heterocycles. The minimum atomic E-state index is -0.0449. The first-order valence-corrected chi connectivity index (χ1v) is 9.06. The summed E-state index contributed by atoms with van der Waals surface area (Å²) in [6, 6.07) is 8.17. The quantitative estimate of drug-likeness (QED) is 0.835. The number of aryl methyl sites for hydroxylation is 1. The van der Waals surface area contributed by atoms with Crippen molar-refractivity contribution in [3.63, 3.8) is 0 Å². The molecule has 0 radical (unpaired) electrons. The van der Waals surface area contributed by atoms with Gasteiger partial charge in [0, 0.05) is 6.04 Å². The van der Waals surface area contributed by atoms with Gasteiger partial charge < -0.3 is 14.6 Å². The Morgan fingerprint density at radius 3 is 2.88 bits per heavy atom. The Labute approximate surface area is 148 Å². The first-order valence-electron chi connectivity index (χ1n) is 9.06. The van der Waals surface area contributed by atoms with Crippen LogP contribution in [0.4, 0.5) is 0 Å². The number of amides is 1. The molecule has 2 aromatic rings. The largest absolute Gasteiger partial charge is 0.483 e. The highest BCUT2D eigenvalue weighted by atomic mass is 16.5. The van der Waals surface area contributed by atoms with Gasteiger partial charge in [0.2, 0.25) is 5.91 Å². The first-order chi connectivity index (χ1) is 12.2. The highest BCUT2D eigenvalue weighted by molar-refractivity contribution is 5.78. The van der Waals surface area contributed by atoms with Crippen molar-refractivity contribution in [2.24, 2.45) is 0 Å². The average molecular weight is 343 g/mol. The Morgan fingerprint density at radius 2 is 2.08 bits per heavy atom. The average Bonchev–Trinajstić information content (AvgIpc) is 3.08. The summed E-state index contributed by atoms with van der Waals surface area (Å²) in [5, 5.41) is 6.93. The fourth-order valence-corrected chi connectivity index (χ4v) is 3.17. The lowest BCUT2D eigenvalue weighted by Crippen LogP contribution is -2.37. The van der Waals surface area contributed by atoms with Crippen LogP contribution in [-0.2, 0) is 24.2 Å². The molecule has 0 bridgehead atoms. The van der Waals surface area contributed by atoms with E-state index in [2.05, 4.69) is 22.4 Å². The summed E-state index contributed by atoms with van der Waals surface area (Å²) in [5.41, 5.74) is 1.13. The Morgan fingerprint density at radius 1 is 1.28 bits per heavy atom. The summed E-state index contributed by atoms with van der Waals surface area (Å²) in [6.07, 6.45) is 6.81. The third kappa shape index (κ3) is 5.05. The predicted octanol–water partition coefficient (Wildman–Crippen LogP) is 3.20. The van der Waals surface area contributed by atoms with E-state index in [1.54, 1.807) is 0 Å². The van der Waals surface area contributed by atoms with Crippen molar-refractivity contribution in [3.05, 3.63) is 41.5 Å². The molecule has 1 heterocycles. The van der Waals surface area contributed by atoms with Gasteiger partial charge in [-0.2, -0.15) is 4.98 Å². The standard InChI is InChI=1S/C19H25N3O3/c1-2-14-8-6-7-11-16(14)24-13-19-21-17(22-25-19)12-18(23)20-15-9-4-3-5-10-15/h6-8,11,15H,2-5,9-10,12-13H2,1H3,(H,20,23). The summed E-state index contributed by atoms with van der Waals surface area (Å²) in [7, 11) is 0. The van der Waals surface area contributed by atoms with Gasteiger partial charge in [-0.25, -0.2) is 0 Å². The van der Waals surface area contributed by atoms with Crippen molar-refractivity contribution in [2.75, 3.05) is 0 Å². The van der Waals surface area contributed by atoms with Crippen LogP contribution in [0.2, 0.25) is 0 Å². The van der Waals surface area contributed by atoms with Crippen LogP contribution in [0.1, 0.15) is 56.3 Å². The van der Waals surface area contributed by atoms with Gasteiger partial charge >= 0.3 is 0 Å². The second-order valence-corrected chi connectivity index (χ2v) is 6.43. The molecule has 1 saturated carbocycles. The lowest BCUT2D eigenvalue weighted by molar-refractivity contribution is -0.121. The van der Waals surface area contributed by atoms with Crippen LogP contribution in [0.5, 0.6) is 5.75 Å². The maximum Gasteiger partial charge on any atom is 0.264 e. The molecule has 0 atom stereocenters. The Hall–Kier alpha value is -2.37. The number of benzene rings is 1. The smallest absolute Gasteiger partial charge is 0.264 e. The predicted molar refractivity (Wildman–Crippen MR) is 93.2 cm³/mol. The second kappa shape index (κ2) is 8.65. The SMILES string of the molecule is CCc1ccccc1OCc1nc(CC(=O)NC2CCCCC2)no1. The van der Waals surface area contributed by atoms with E-state index in [9.17, 15) is 4.79 Å². The van der Waals surface area contributed by atoms with E-state index in [1.807, 2.05) is 24.3 Å². The fourth-order valence-electron chi connectivity index (χ4n) is 3.17. The van der Waals surface area contributed by atoms with Gasteiger partial charge in [-0.05, 0) is 30.9 Å². The van der Waals surface area contributed by atoms with Gasteiger partial charge in [-0.3, -0.25) is 4.79 Å². The molecule has 6 heteroatoms. The molecular weight excluding hydrogens is 318 g/mol. The van der Waals surface area contributed by atoms with Gasteiger partial charge in [-0.1, -0.05) is 49.5 Å². The van der Waals surface area contributed by atoms with E-state index >= 15 is 0 Å². The third-order valence-corrected chi connectivity index (χ3v) is 4.50. The molecular formula is C19H25N3O3. The summed E-state index contributed by atoms with van der Waals surface area (Å²) < 4.78 is 10.9. The molecule has 1 aliphatic rings. The number of ether oxygens (including phenoxy) is 1. The fraction of sp³-hybridized carbons (Fsp3) is 0.526. The number of nitrogens with one attached hydrogen (secondary N) is 1. The van der Waals surface area contributed by atoms with Crippen LogP contribution in [0.15, 0.2) is 28.8 Å². The minimum absolute atomic E-state index is 0.0449. The summed E-state index contributed by atoms with van der Waals surface area (Å²) in [5.74, 6) is 1.55. The van der Waals surface area contributed by atoms with E-state index < -0.39 is 0 Å². The van der Waals surface area contributed by atoms with Crippen molar-refractivity contribution < 1.29 is 14.1 Å². The molecule has 0 spiro atoms. The van der Waals surface area contributed by atoms with Crippen LogP contribution in [0.3, 0.4) is 0 Å². The molecule has 3 rings (SSSR count). The first kappa shape index (κ1) is 17.5. The van der Waals surface area contributed by atoms with E-state index in [0.29, 0.717) is 17.8 Å². The van der Waals surface area contributed by atoms with Gasteiger partial charge in [0.15, 0.2) is 12.4 Å². The number of carbonyl (C=O) groups excluding carboxylic acids is 1. The number of hydrogen-bond acceptors (Lipinski definition) is 5. The molecule has 1 aromatic heterocycles. The Kier molecular flexibility index (Phi) is 6.04. The zero-order chi connectivity index (χ0) is 17.5. The van der Waals surface area contributed by atoms with E-state index in [-0.39, 0.29) is 18.9 Å². The zero-order valence-corrected chi connectivity index (χ0v) is 14.7.